The average molecular weight is 307 g/mol. The van der Waals surface area contributed by atoms with Crippen molar-refractivity contribution in [2.24, 2.45) is 0 Å². The van der Waals surface area contributed by atoms with E-state index in [1.54, 1.807) is 0 Å². The summed E-state index contributed by atoms with van der Waals surface area (Å²) in [5, 5.41) is 3.13. The number of amides is 1. The van der Waals surface area contributed by atoms with Crippen molar-refractivity contribution in [3.8, 4) is 0 Å². The fraction of sp³-hybridized carbons (Fsp3) is 0.381. The zero-order valence-corrected chi connectivity index (χ0v) is 14.3. The van der Waals surface area contributed by atoms with Gasteiger partial charge in [-0.25, -0.2) is 0 Å². The Kier molecular flexibility index (Phi) is 4.51. The van der Waals surface area contributed by atoms with Crippen LogP contribution in [-0.2, 0) is 12.8 Å². The number of rotatable bonds is 3. The SMILES string of the molecule is Cc1ccc([C@H](C)NC(=O)c2ccc3c(c2)CCCC3)cc1C. The summed E-state index contributed by atoms with van der Waals surface area (Å²) in [6.07, 6.45) is 4.75. The third-order valence-electron chi connectivity index (χ3n) is 4.99. The molecule has 0 saturated heterocycles. The Balaban J connectivity index is 1.74. The third-order valence-corrected chi connectivity index (χ3v) is 4.99. The van der Waals surface area contributed by atoms with Crippen LogP contribution in [0.15, 0.2) is 36.4 Å². The summed E-state index contributed by atoms with van der Waals surface area (Å²) in [5.74, 6) is 0.0177. The number of carbonyl (C=O) groups is 1. The molecule has 1 atom stereocenters. The van der Waals surface area contributed by atoms with Gasteiger partial charge in [0.25, 0.3) is 5.91 Å². The van der Waals surface area contributed by atoms with Crippen LogP contribution in [0.2, 0.25) is 0 Å². The first-order chi connectivity index (χ1) is 11.0. The van der Waals surface area contributed by atoms with E-state index in [0.717, 1.165) is 24.0 Å². The highest BCUT2D eigenvalue weighted by Gasteiger charge is 2.15. The summed E-state index contributed by atoms with van der Waals surface area (Å²) in [5.41, 5.74) is 7.23. The Morgan fingerprint density at radius 1 is 0.957 bits per heavy atom. The molecule has 2 aromatic carbocycles. The molecule has 0 heterocycles. The number of hydrogen-bond acceptors (Lipinski definition) is 1. The quantitative estimate of drug-likeness (QED) is 0.877. The molecule has 0 aromatic heterocycles. The standard InChI is InChI=1S/C21H25NO/c1-14-8-9-18(12-15(14)2)16(3)22-21(23)20-11-10-17-6-4-5-7-19(17)13-20/h8-13,16H,4-7H2,1-3H3,(H,22,23)/t16-/m0/s1. The van der Waals surface area contributed by atoms with Crippen LogP contribution < -0.4 is 5.32 Å². The fourth-order valence-electron chi connectivity index (χ4n) is 3.27. The highest BCUT2D eigenvalue weighted by molar-refractivity contribution is 5.94. The first-order valence-electron chi connectivity index (χ1n) is 8.54. The number of benzene rings is 2. The van der Waals surface area contributed by atoms with Gasteiger partial charge in [0, 0.05) is 5.56 Å². The van der Waals surface area contributed by atoms with Gasteiger partial charge in [0.15, 0.2) is 0 Å². The molecule has 23 heavy (non-hydrogen) atoms. The lowest BCUT2D eigenvalue weighted by Gasteiger charge is -2.18. The van der Waals surface area contributed by atoms with E-state index >= 15 is 0 Å². The van der Waals surface area contributed by atoms with Gasteiger partial charge in [-0.1, -0.05) is 24.3 Å². The summed E-state index contributed by atoms with van der Waals surface area (Å²) in [7, 11) is 0. The summed E-state index contributed by atoms with van der Waals surface area (Å²) in [6.45, 7) is 6.26. The van der Waals surface area contributed by atoms with E-state index in [2.05, 4.69) is 49.5 Å². The first-order valence-corrected chi connectivity index (χ1v) is 8.54. The van der Waals surface area contributed by atoms with Crippen molar-refractivity contribution in [1.29, 1.82) is 0 Å². The maximum Gasteiger partial charge on any atom is 0.251 e. The summed E-state index contributed by atoms with van der Waals surface area (Å²) in [6, 6.07) is 12.6. The van der Waals surface area contributed by atoms with Crippen LogP contribution in [0.25, 0.3) is 0 Å². The van der Waals surface area contributed by atoms with Gasteiger partial charge < -0.3 is 5.32 Å². The van der Waals surface area contributed by atoms with Crippen molar-refractivity contribution in [3.05, 3.63) is 69.8 Å². The molecule has 2 aromatic rings. The van der Waals surface area contributed by atoms with E-state index in [4.69, 9.17) is 0 Å². The molecule has 1 N–H and O–H groups in total. The minimum atomic E-state index is 0.0119. The molecule has 0 fully saturated rings. The molecule has 3 rings (SSSR count). The van der Waals surface area contributed by atoms with E-state index in [9.17, 15) is 4.79 Å². The zero-order chi connectivity index (χ0) is 16.4. The minimum absolute atomic E-state index is 0.0119. The molecule has 120 valence electrons. The van der Waals surface area contributed by atoms with Crippen LogP contribution in [0.3, 0.4) is 0 Å². The lowest BCUT2D eigenvalue weighted by atomic mass is 9.90. The van der Waals surface area contributed by atoms with Crippen molar-refractivity contribution in [3.63, 3.8) is 0 Å². The highest BCUT2D eigenvalue weighted by Crippen LogP contribution is 2.23. The topological polar surface area (TPSA) is 29.1 Å². The minimum Gasteiger partial charge on any atom is -0.346 e. The van der Waals surface area contributed by atoms with E-state index in [0.29, 0.717) is 0 Å². The second-order valence-corrected chi connectivity index (χ2v) is 6.73. The number of aryl methyl sites for hydroxylation is 4. The van der Waals surface area contributed by atoms with E-state index < -0.39 is 0 Å². The monoisotopic (exact) mass is 307 g/mol. The van der Waals surface area contributed by atoms with Crippen molar-refractivity contribution in [1.82, 2.24) is 5.32 Å². The van der Waals surface area contributed by atoms with Gasteiger partial charge in [-0.15, -0.1) is 0 Å². The predicted octanol–water partition coefficient (Wildman–Crippen LogP) is 4.67. The average Bonchev–Trinajstić information content (AvgIpc) is 2.56. The van der Waals surface area contributed by atoms with Gasteiger partial charge in [-0.3, -0.25) is 4.79 Å². The van der Waals surface area contributed by atoms with Gasteiger partial charge in [-0.2, -0.15) is 0 Å². The van der Waals surface area contributed by atoms with Crippen LogP contribution in [0, 0.1) is 13.8 Å². The van der Waals surface area contributed by atoms with E-state index in [1.165, 1.54) is 35.1 Å². The predicted molar refractivity (Wildman–Crippen MR) is 94.9 cm³/mol. The Morgan fingerprint density at radius 2 is 1.70 bits per heavy atom. The third kappa shape index (κ3) is 3.47. The molecule has 1 amide bonds. The zero-order valence-electron chi connectivity index (χ0n) is 14.3. The molecular weight excluding hydrogens is 282 g/mol. The summed E-state index contributed by atoms with van der Waals surface area (Å²) in [4.78, 5) is 12.6. The van der Waals surface area contributed by atoms with Gasteiger partial charge in [-0.05, 0) is 86.4 Å². The number of nitrogens with one attached hydrogen (secondary N) is 1. The molecular formula is C21H25NO. The first kappa shape index (κ1) is 15.8. The van der Waals surface area contributed by atoms with E-state index in [1.807, 2.05) is 13.0 Å². The molecule has 2 nitrogen and oxygen atoms in total. The van der Waals surface area contributed by atoms with Crippen molar-refractivity contribution < 1.29 is 4.79 Å². The second-order valence-electron chi connectivity index (χ2n) is 6.73. The van der Waals surface area contributed by atoms with Crippen LogP contribution >= 0.6 is 0 Å². The normalized spacial score (nSPS) is 14.9. The highest BCUT2D eigenvalue weighted by atomic mass is 16.1. The fourth-order valence-corrected chi connectivity index (χ4v) is 3.27. The number of carbonyl (C=O) groups excluding carboxylic acids is 1. The Labute approximate surface area is 138 Å². The van der Waals surface area contributed by atoms with E-state index in [-0.39, 0.29) is 11.9 Å². The lowest BCUT2D eigenvalue weighted by Crippen LogP contribution is -2.27. The van der Waals surface area contributed by atoms with Gasteiger partial charge in [0.05, 0.1) is 6.04 Å². The smallest absolute Gasteiger partial charge is 0.251 e. The largest absolute Gasteiger partial charge is 0.346 e. The molecule has 0 aliphatic heterocycles. The Hall–Kier alpha value is -2.09. The van der Waals surface area contributed by atoms with Crippen LogP contribution in [0.4, 0.5) is 0 Å². The molecule has 0 unspecified atom stereocenters. The number of fused-ring (bicyclic) bond motifs is 1. The summed E-state index contributed by atoms with van der Waals surface area (Å²) < 4.78 is 0. The number of hydrogen-bond donors (Lipinski definition) is 1. The molecule has 2 heteroatoms. The van der Waals surface area contributed by atoms with Crippen LogP contribution in [0.5, 0.6) is 0 Å². The van der Waals surface area contributed by atoms with Gasteiger partial charge >= 0.3 is 0 Å². The van der Waals surface area contributed by atoms with Crippen molar-refractivity contribution in [2.75, 3.05) is 0 Å². The lowest BCUT2D eigenvalue weighted by molar-refractivity contribution is 0.0939. The molecule has 0 bridgehead atoms. The molecule has 0 radical (unpaired) electrons. The second kappa shape index (κ2) is 6.57. The molecule has 0 spiro atoms. The van der Waals surface area contributed by atoms with Gasteiger partial charge in [0.1, 0.15) is 0 Å². The Bertz CT molecular complexity index is 733. The molecule has 1 aliphatic rings. The van der Waals surface area contributed by atoms with Crippen LogP contribution in [0.1, 0.15) is 64.0 Å². The maximum atomic E-state index is 12.6. The summed E-state index contributed by atoms with van der Waals surface area (Å²) >= 11 is 0. The van der Waals surface area contributed by atoms with Crippen molar-refractivity contribution in [2.45, 2.75) is 52.5 Å². The maximum absolute atomic E-state index is 12.6. The van der Waals surface area contributed by atoms with Gasteiger partial charge in [0.2, 0.25) is 0 Å². The molecule has 1 aliphatic carbocycles. The van der Waals surface area contributed by atoms with Crippen LogP contribution in [-0.4, -0.2) is 5.91 Å². The Morgan fingerprint density at radius 3 is 2.43 bits per heavy atom. The van der Waals surface area contributed by atoms with Crippen molar-refractivity contribution >= 4 is 5.91 Å². The molecule has 0 saturated carbocycles.